The van der Waals surface area contributed by atoms with E-state index in [0.29, 0.717) is 12.8 Å². The summed E-state index contributed by atoms with van der Waals surface area (Å²) in [6, 6.07) is 7.78. The van der Waals surface area contributed by atoms with E-state index in [-0.39, 0.29) is 6.10 Å². The van der Waals surface area contributed by atoms with Crippen molar-refractivity contribution in [3.05, 3.63) is 29.8 Å². The standard InChI is InChI=1S/C15H21NO3/c1-11-6-3-4-8-13(11)16-15(14(17)18)9-5-7-12(10-15)19-2/h3-4,6,8,12,16H,5,7,9-10H2,1-2H3,(H,17,18). The predicted octanol–water partition coefficient (Wildman–Crippen LogP) is 2.82. The van der Waals surface area contributed by atoms with Gasteiger partial charge in [-0.2, -0.15) is 0 Å². The molecular weight excluding hydrogens is 242 g/mol. The SMILES string of the molecule is COC1CCCC(Nc2ccccc2C)(C(=O)O)C1. The monoisotopic (exact) mass is 263 g/mol. The summed E-state index contributed by atoms with van der Waals surface area (Å²) in [5.41, 5.74) is 1.04. The van der Waals surface area contributed by atoms with Crippen molar-refractivity contribution < 1.29 is 14.6 Å². The average molecular weight is 263 g/mol. The average Bonchev–Trinajstić information content (AvgIpc) is 2.41. The predicted molar refractivity (Wildman–Crippen MR) is 74.4 cm³/mol. The number of ether oxygens (including phenoxy) is 1. The largest absolute Gasteiger partial charge is 0.480 e. The van der Waals surface area contributed by atoms with E-state index < -0.39 is 11.5 Å². The number of aryl methyl sites for hydroxylation is 1. The van der Waals surface area contributed by atoms with E-state index in [4.69, 9.17) is 4.74 Å². The van der Waals surface area contributed by atoms with E-state index >= 15 is 0 Å². The molecule has 4 heteroatoms. The molecule has 0 spiro atoms. The van der Waals surface area contributed by atoms with Gasteiger partial charge < -0.3 is 15.2 Å². The summed E-state index contributed by atoms with van der Waals surface area (Å²) in [6.07, 6.45) is 2.95. The van der Waals surface area contributed by atoms with Gasteiger partial charge in [0, 0.05) is 19.2 Å². The van der Waals surface area contributed by atoms with Crippen molar-refractivity contribution in [2.75, 3.05) is 12.4 Å². The van der Waals surface area contributed by atoms with Gasteiger partial charge in [0.05, 0.1) is 6.10 Å². The van der Waals surface area contributed by atoms with Crippen LogP contribution in [0.3, 0.4) is 0 Å². The Balaban J connectivity index is 2.25. The molecule has 0 aliphatic heterocycles. The maximum absolute atomic E-state index is 11.7. The minimum atomic E-state index is -0.912. The minimum Gasteiger partial charge on any atom is -0.480 e. The zero-order valence-electron chi connectivity index (χ0n) is 11.5. The number of carboxylic acids is 1. The normalized spacial score (nSPS) is 26.9. The Bertz CT molecular complexity index is 460. The zero-order chi connectivity index (χ0) is 13.9. The topological polar surface area (TPSA) is 58.6 Å². The quantitative estimate of drug-likeness (QED) is 0.877. The first kappa shape index (κ1) is 13.9. The first-order chi connectivity index (χ1) is 9.07. The highest BCUT2D eigenvalue weighted by atomic mass is 16.5. The van der Waals surface area contributed by atoms with Gasteiger partial charge in [0.25, 0.3) is 0 Å². The summed E-state index contributed by atoms with van der Waals surface area (Å²) in [5, 5.41) is 12.9. The van der Waals surface area contributed by atoms with E-state index in [9.17, 15) is 9.90 Å². The second-order valence-corrected chi connectivity index (χ2v) is 5.28. The molecule has 0 bridgehead atoms. The number of carboxylic acid groups (broad SMARTS) is 1. The molecule has 104 valence electrons. The molecule has 1 fully saturated rings. The molecule has 2 rings (SSSR count). The van der Waals surface area contributed by atoms with Crippen LogP contribution in [0.4, 0.5) is 5.69 Å². The molecule has 19 heavy (non-hydrogen) atoms. The van der Waals surface area contributed by atoms with Gasteiger partial charge in [0.1, 0.15) is 5.54 Å². The van der Waals surface area contributed by atoms with Crippen molar-refractivity contribution >= 4 is 11.7 Å². The highest BCUT2D eigenvalue weighted by Crippen LogP contribution is 2.34. The van der Waals surface area contributed by atoms with Crippen LogP contribution in [-0.2, 0) is 9.53 Å². The fourth-order valence-electron chi connectivity index (χ4n) is 2.76. The molecule has 1 saturated carbocycles. The van der Waals surface area contributed by atoms with Crippen LogP contribution >= 0.6 is 0 Å². The van der Waals surface area contributed by atoms with Crippen molar-refractivity contribution in [2.45, 2.75) is 44.2 Å². The lowest BCUT2D eigenvalue weighted by Gasteiger charge is -2.38. The van der Waals surface area contributed by atoms with Crippen molar-refractivity contribution in [3.8, 4) is 0 Å². The molecule has 2 unspecified atom stereocenters. The molecule has 0 heterocycles. The Labute approximate surface area is 113 Å². The summed E-state index contributed by atoms with van der Waals surface area (Å²) in [5.74, 6) is -0.794. The Morgan fingerprint density at radius 1 is 1.47 bits per heavy atom. The minimum absolute atomic E-state index is 0.0152. The van der Waals surface area contributed by atoms with Crippen LogP contribution in [0.25, 0.3) is 0 Å². The van der Waals surface area contributed by atoms with Crippen LogP contribution in [0.5, 0.6) is 0 Å². The number of anilines is 1. The van der Waals surface area contributed by atoms with Gasteiger partial charge in [0.15, 0.2) is 0 Å². The third-order valence-electron chi connectivity index (χ3n) is 3.97. The number of para-hydroxylation sites is 1. The Kier molecular flexibility index (Phi) is 4.10. The number of methoxy groups -OCH3 is 1. The van der Waals surface area contributed by atoms with E-state index in [1.807, 2.05) is 31.2 Å². The van der Waals surface area contributed by atoms with Crippen LogP contribution in [0.2, 0.25) is 0 Å². The highest BCUT2D eigenvalue weighted by Gasteiger charge is 2.43. The van der Waals surface area contributed by atoms with E-state index in [1.165, 1.54) is 0 Å². The van der Waals surface area contributed by atoms with Gasteiger partial charge in [-0.15, -0.1) is 0 Å². The number of rotatable bonds is 4. The first-order valence-corrected chi connectivity index (χ1v) is 6.67. The second-order valence-electron chi connectivity index (χ2n) is 5.28. The third-order valence-corrected chi connectivity index (χ3v) is 3.97. The number of aliphatic carboxylic acids is 1. The summed E-state index contributed by atoms with van der Waals surface area (Å²) in [7, 11) is 1.65. The molecule has 0 aromatic heterocycles. The first-order valence-electron chi connectivity index (χ1n) is 6.67. The number of benzene rings is 1. The summed E-state index contributed by atoms with van der Waals surface area (Å²) in [4.78, 5) is 11.7. The lowest BCUT2D eigenvalue weighted by atomic mass is 9.79. The van der Waals surface area contributed by atoms with Crippen molar-refractivity contribution in [1.82, 2.24) is 0 Å². The van der Waals surface area contributed by atoms with Gasteiger partial charge in [0.2, 0.25) is 0 Å². The molecular formula is C15H21NO3. The molecule has 0 saturated heterocycles. The molecule has 0 radical (unpaired) electrons. The Morgan fingerprint density at radius 2 is 2.21 bits per heavy atom. The van der Waals surface area contributed by atoms with Crippen molar-refractivity contribution in [2.24, 2.45) is 0 Å². The highest BCUT2D eigenvalue weighted by molar-refractivity contribution is 5.83. The maximum Gasteiger partial charge on any atom is 0.329 e. The van der Waals surface area contributed by atoms with Crippen molar-refractivity contribution in [3.63, 3.8) is 0 Å². The number of hydrogen-bond donors (Lipinski definition) is 2. The molecule has 4 nitrogen and oxygen atoms in total. The van der Waals surface area contributed by atoms with Crippen LogP contribution < -0.4 is 5.32 Å². The number of hydrogen-bond acceptors (Lipinski definition) is 3. The molecule has 0 amide bonds. The summed E-state index contributed by atoms with van der Waals surface area (Å²) >= 11 is 0. The lowest BCUT2D eigenvalue weighted by molar-refractivity contribution is -0.145. The van der Waals surface area contributed by atoms with Crippen LogP contribution in [0.15, 0.2) is 24.3 Å². The van der Waals surface area contributed by atoms with Gasteiger partial charge >= 0.3 is 5.97 Å². The van der Waals surface area contributed by atoms with E-state index in [0.717, 1.165) is 24.1 Å². The fourth-order valence-corrected chi connectivity index (χ4v) is 2.76. The van der Waals surface area contributed by atoms with Gasteiger partial charge in [-0.1, -0.05) is 18.2 Å². The smallest absolute Gasteiger partial charge is 0.329 e. The summed E-state index contributed by atoms with van der Waals surface area (Å²) in [6.45, 7) is 1.98. The van der Waals surface area contributed by atoms with Gasteiger partial charge in [-0.05, 0) is 37.8 Å². The number of nitrogens with one attached hydrogen (secondary N) is 1. The Hall–Kier alpha value is -1.55. The van der Waals surface area contributed by atoms with Crippen LogP contribution in [0.1, 0.15) is 31.2 Å². The van der Waals surface area contributed by atoms with E-state index in [1.54, 1.807) is 7.11 Å². The fraction of sp³-hybridized carbons (Fsp3) is 0.533. The zero-order valence-corrected chi connectivity index (χ0v) is 11.5. The van der Waals surface area contributed by atoms with E-state index in [2.05, 4.69) is 5.32 Å². The van der Waals surface area contributed by atoms with Crippen molar-refractivity contribution in [1.29, 1.82) is 0 Å². The van der Waals surface area contributed by atoms with Crippen LogP contribution in [-0.4, -0.2) is 29.8 Å². The maximum atomic E-state index is 11.7. The Morgan fingerprint density at radius 3 is 2.84 bits per heavy atom. The third kappa shape index (κ3) is 2.89. The molecule has 1 aromatic carbocycles. The molecule has 2 atom stereocenters. The molecule has 1 aliphatic carbocycles. The molecule has 1 aliphatic rings. The summed E-state index contributed by atoms with van der Waals surface area (Å²) < 4.78 is 5.36. The number of carbonyl (C=O) groups is 1. The van der Waals surface area contributed by atoms with Crippen LogP contribution in [0, 0.1) is 6.92 Å². The molecule has 2 N–H and O–H groups in total. The van der Waals surface area contributed by atoms with Gasteiger partial charge in [-0.3, -0.25) is 0 Å². The lowest BCUT2D eigenvalue weighted by Crippen LogP contribution is -2.51. The second kappa shape index (κ2) is 5.61. The molecule has 1 aromatic rings. The van der Waals surface area contributed by atoms with Gasteiger partial charge in [-0.25, -0.2) is 4.79 Å².